The smallest absolute Gasteiger partial charge is 0.315 e. The van der Waals surface area contributed by atoms with Gasteiger partial charge in [0.25, 0.3) is 0 Å². The molecule has 0 aliphatic carbocycles. The summed E-state index contributed by atoms with van der Waals surface area (Å²) in [7, 11) is 0. The summed E-state index contributed by atoms with van der Waals surface area (Å²) in [5, 5.41) is 8.62. The number of carbonyl (C=O) groups excluding carboxylic acids is 1. The third kappa shape index (κ3) is 2.05. The molecule has 1 aromatic carbocycles. The van der Waals surface area contributed by atoms with Gasteiger partial charge in [0, 0.05) is 12.0 Å². The first-order valence-corrected chi connectivity index (χ1v) is 5.11. The summed E-state index contributed by atoms with van der Waals surface area (Å²) in [5.41, 5.74) is 2.80. The molecule has 1 aliphatic heterocycles. The number of aliphatic carboxylic acids is 1. The highest BCUT2D eigenvalue weighted by Gasteiger charge is 2.21. The van der Waals surface area contributed by atoms with Crippen LogP contribution in [0.15, 0.2) is 12.1 Å². The molecule has 4 heteroatoms. The number of carboxylic acids is 1. The third-order valence-corrected chi connectivity index (χ3v) is 2.69. The zero-order chi connectivity index (χ0) is 11.7. The summed E-state index contributed by atoms with van der Waals surface area (Å²) in [6.07, 6.45) is 0.882. The zero-order valence-corrected chi connectivity index (χ0v) is 8.95. The van der Waals surface area contributed by atoms with Crippen molar-refractivity contribution in [2.75, 3.05) is 0 Å². The standard InChI is InChI=1S/C12H12O4/c1-7-4-10-9(6-12(15)16-10)5-8(7)2-3-11(13)14/h4-5H,2-3,6H2,1H3,(H,13,14). The molecule has 0 amide bonds. The first-order valence-electron chi connectivity index (χ1n) is 5.11. The predicted molar refractivity (Wildman–Crippen MR) is 56.5 cm³/mol. The summed E-state index contributed by atoms with van der Waals surface area (Å²) < 4.78 is 5.01. The summed E-state index contributed by atoms with van der Waals surface area (Å²) in [6.45, 7) is 1.89. The molecule has 0 radical (unpaired) electrons. The van der Waals surface area contributed by atoms with Crippen molar-refractivity contribution in [3.63, 3.8) is 0 Å². The molecule has 0 saturated carbocycles. The second-order valence-corrected chi connectivity index (χ2v) is 3.93. The molecule has 1 aromatic rings. The summed E-state index contributed by atoms with van der Waals surface area (Å²) in [4.78, 5) is 21.6. The number of carbonyl (C=O) groups is 2. The molecule has 0 fully saturated rings. The van der Waals surface area contributed by atoms with E-state index in [1.807, 2.05) is 13.0 Å². The van der Waals surface area contributed by atoms with E-state index < -0.39 is 5.97 Å². The second-order valence-electron chi connectivity index (χ2n) is 3.93. The predicted octanol–water partition coefficient (Wildman–Crippen LogP) is 1.47. The number of hydrogen-bond donors (Lipinski definition) is 1. The summed E-state index contributed by atoms with van der Waals surface area (Å²) in [5.74, 6) is -0.446. The van der Waals surface area contributed by atoms with Crippen LogP contribution < -0.4 is 4.74 Å². The number of fused-ring (bicyclic) bond motifs is 1. The van der Waals surface area contributed by atoms with Gasteiger partial charge in [-0.25, -0.2) is 0 Å². The fourth-order valence-corrected chi connectivity index (χ4v) is 1.84. The van der Waals surface area contributed by atoms with Crippen molar-refractivity contribution in [2.24, 2.45) is 0 Å². The van der Waals surface area contributed by atoms with Crippen molar-refractivity contribution in [3.05, 3.63) is 28.8 Å². The van der Waals surface area contributed by atoms with Crippen molar-refractivity contribution < 1.29 is 19.4 Å². The van der Waals surface area contributed by atoms with Gasteiger partial charge in [-0.15, -0.1) is 0 Å². The van der Waals surface area contributed by atoms with Crippen LogP contribution in [-0.2, 0) is 22.4 Å². The lowest BCUT2D eigenvalue weighted by molar-refractivity contribution is -0.137. The fraction of sp³-hybridized carbons (Fsp3) is 0.333. The first kappa shape index (κ1) is 10.7. The van der Waals surface area contributed by atoms with Crippen LogP contribution in [0.2, 0.25) is 0 Å². The Morgan fingerprint density at radius 1 is 1.50 bits per heavy atom. The molecule has 0 aromatic heterocycles. The van der Waals surface area contributed by atoms with Gasteiger partial charge in [0.05, 0.1) is 6.42 Å². The van der Waals surface area contributed by atoms with Gasteiger partial charge in [0.15, 0.2) is 0 Å². The van der Waals surface area contributed by atoms with Crippen LogP contribution in [0, 0.1) is 6.92 Å². The lowest BCUT2D eigenvalue weighted by Crippen LogP contribution is -2.00. The van der Waals surface area contributed by atoms with Crippen molar-refractivity contribution in [1.29, 1.82) is 0 Å². The SMILES string of the molecule is Cc1cc2c(cc1CCC(=O)O)CC(=O)O2. The van der Waals surface area contributed by atoms with Gasteiger partial charge < -0.3 is 9.84 Å². The minimum Gasteiger partial charge on any atom is -0.481 e. The number of hydrogen-bond acceptors (Lipinski definition) is 3. The van der Waals surface area contributed by atoms with Crippen LogP contribution in [0.1, 0.15) is 23.1 Å². The molecule has 0 bridgehead atoms. The molecule has 0 saturated heterocycles. The van der Waals surface area contributed by atoms with E-state index in [9.17, 15) is 9.59 Å². The molecular formula is C12H12O4. The van der Waals surface area contributed by atoms with Gasteiger partial charge in [-0.1, -0.05) is 6.07 Å². The van der Waals surface area contributed by atoms with Crippen molar-refractivity contribution in [2.45, 2.75) is 26.2 Å². The number of benzene rings is 1. The number of aryl methyl sites for hydroxylation is 2. The van der Waals surface area contributed by atoms with Gasteiger partial charge in [-0.2, -0.15) is 0 Å². The van der Waals surface area contributed by atoms with Crippen LogP contribution in [0.5, 0.6) is 5.75 Å². The van der Waals surface area contributed by atoms with E-state index in [0.29, 0.717) is 12.2 Å². The molecule has 0 spiro atoms. The Morgan fingerprint density at radius 3 is 2.94 bits per heavy atom. The highest BCUT2D eigenvalue weighted by atomic mass is 16.5. The lowest BCUT2D eigenvalue weighted by atomic mass is 9.99. The van der Waals surface area contributed by atoms with E-state index in [1.165, 1.54) is 0 Å². The second kappa shape index (κ2) is 3.96. The largest absolute Gasteiger partial charge is 0.481 e. The molecule has 1 N–H and O–H groups in total. The minimum atomic E-state index is -0.813. The molecule has 84 valence electrons. The Hall–Kier alpha value is -1.84. The van der Waals surface area contributed by atoms with E-state index in [-0.39, 0.29) is 18.8 Å². The van der Waals surface area contributed by atoms with E-state index in [4.69, 9.17) is 9.84 Å². The minimum absolute atomic E-state index is 0.106. The molecule has 16 heavy (non-hydrogen) atoms. The molecule has 1 aliphatic rings. The average Bonchev–Trinajstić information content (AvgIpc) is 2.53. The van der Waals surface area contributed by atoms with Gasteiger partial charge in [0.2, 0.25) is 0 Å². The Bertz CT molecular complexity index is 462. The number of esters is 1. The quantitative estimate of drug-likeness (QED) is 0.619. The Balaban J connectivity index is 2.24. The highest BCUT2D eigenvalue weighted by Crippen LogP contribution is 2.29. The van der Waals surface area contributed by atoms with Crippen molar-refractivity contribution in [3.8, 4) is 5.75 Å². The van der Waals surface area contributed by atoms with Crippen LogP contribution in [-0.4, -0.2) is 17.0 Å². The molecular weight excluding hydrogens is 208 g/mol. The maximum atomic E-state index is 11.1. The van der Waals surface area contributed by atoms with Gasteiger partial charge in [-0.3, -0.25) is 9.59 Å². The molecule has 1 heterocycles. The lowest BCUT2D eigenvalue weighted by Gasteiger charge is -2.06. The molecule has 4 nitrogen and oxygen atoms in total. The van der Waals surface area contributed by atoms with Crippen molar-refractivity contribution in [1.82, 2.24) is 0 Å². The zero-order valence-electron chi connectivity index (χ0n) is 8.95. The topological polar surface area (TPSA) is 63.6 Å². The molecule has 2 rings (SSSR count). The van der Waals surface area contributed by atoms with Crippen LogP contribution in [0.25, 0.3) is 0 Å². The maximum Gasteiger partial charge on any atom is 0.315 e. The Labute approximate surface area is 92.8 Å². The van der Waals surface area contributed by atoms with E-state index in [1.54, 1.807) is 6.07 Å². The van der Waals surface area contributed by atoms with Gasteiger partial charge in [-0.05, 0) is 30.5 Å². The molecule has 0 unspecified atom stereocenters. The van der Waals surface area contributed by atoms with Gasteiger partial charge >= 0.3 is 11.9 Å². The number of carboxylic acid groups (broad SMARTS) is 1. The first-order chi connectivity index (χ1) is 7.56. The number of ether oxygens (including phenoxy) is 1. The highest BCUT2D eigenvalue weighted by molar-refractivity contribution is 5.81. The third-order valence-electron chi connectivity index (χ3n) is 2.69. The van der Waals surface area contributed by atoms with Crippen LogP contribution in [0.4, 0.5) is 0 Å². The normalized spacial score (nSPS) is 13.4. The van der Waals surface area contributed by atoms with Crippen LogP contribution >= 0.6 is 0 Å². The number of rotatable bonds is 3. The fourth-order valence-electron chi connectivity index (χ4n) is 1.84. The summed E-state index contributed by atoms with van der Waals surface area (Å²) >= 11 is 0. The Morgan fingerprint density at radius 2 is 2.25 bits per heavy atom. The van der Waals surface area contributed by atoms with E-state index >= 15 is 0 Å². The Kier molecular flexibility index (Phi) is 2.64. The maximum absolute atomic E-state index is 11.1. The average molecular weight is 220 g/mol. The monoisotopic (exact) mass is 220 g/mol. The van der Waals surface area contributed by atoms with E-state index in [2.05, 4.69) is 0 Å². The summed E-state index contributed by atoms with van der Waals surface area (Å²) in [6, 6.07) is 3.68. The van der Waals surface area contributed by atoms with E-state index in [0.717, 1.165) is 16.7 Å². The molecule has 0 atom stereocenters. The van der Waals surface area contributed by atoms with Crippen molar-refractivity contribution >= 4 is 11.9 Å². The van der Waals surface area contributed by atoms with Crippen LogP contribution in [0.3, 0.4) is 0 Å². The van der Waals surface area contributed by atoms with Gasteiger partial charge in [0.1, 0.15) is 5.75 Å².